The van der Waals surface area contributed by atoms with Crippen LogP contribution < -0.4 is 0 Å². The lowest BCUT2D eigenvalue weighted by Crippen LogP contribution is -2.31. The first-order chi connectivity index (χ1) is 14.8. The summed E-state index contributed by atoms with van der Waals surface area (Å²) in [6, 6.07) is 10.4. The summed E-state index contributed by atoms with van der Waals surface area (Å²) in [7, 11) is 0. The first kappa shape index (κ1) is 19.5. The third-order valence-corrected chi connectivity index (χ3v) is 7.34. The molecule has 2 aliphatic heterocycles. The zero-order valence-electron chi connectivity index (χ0n) is 17.7. The standard InChI is InChI=1S/C26H31N3O/c30-26(25(21-8-4-5-9-21)20-6-2-1-3-7-20)22-12-10-19(11-13-22)16-29-15-14-23-24(17-29)28-18-27-23/h10-15,17-18,20-21,25H,1-9,16H2. The van der Waals surface area contributed by atoms with Crippen LogP contribution in [-0.2, 0) is 6.54 Å². The molecule has 0 spiro atoms. The largest absolute Gasteiger partial charge is 0.348 e. The monoisotopic (exact) mass is 401 g/mol. The van der Waals surface area contributed by atoms with Crippen molar-refractivity contribution in [3.8, 4) is 11.4 Å². The molecule has 4 nitrogen and oxygen atoms in total. The lowest BCUT2D eigenvalue weighted by molar-refractivity contribution is 0.0760. The topological polar surface area (TPSA) is 47.8 Å². The van der Waals surface area contributed by atoms with Gasteiger partial charge in [-0.15, -0.1) is 0 Å². The van der Waals surface area contributed by atoms with Crippen molar-refractivity contribution in [3.05, 3.63) is 60.2 Å². The van der Waals surface area contributed by atoms with E-state index in [4.69, 9.17) is 0 Å². The Morgan fingerprint density at radius 2 is 1.50 bits per heavy atom. The predicted molar refractivity (Wildman–Crippen MR) is 119 cm³/mol. The minimum atomic E-state index is 0.242. The van der Waals surface area contributed by atoms with Crippen LogP contribution in [0.1, 0.15) is 73.7 Å². The van der Waals surface area contributed by atoms with Crippen LogP contribution in [0.4, 0.5) is 0 Å². The van der Waals surface area contributed by atoms with Gasteiger partial charge >= 0.3 is 0 Å². The lowest BCUT2D eigenvalue weighted by atomic mass is 9.70. The second-order valence-corrected chi connectivity index (χ2v) is 9.29. The number of Topliss-reactive ketones (excluding diaryl/α,β-unsaturated/α-hetero) is 1. The number of nitrogens with zero attached hydrogens (tertiary/aromatic N) is 3. The molecule has 1 unspecified atom stereocenters. The van der Waals surface area contributed by atoms with Crippen molar-refractivity contribution in [3.63, 3.8) is 0 Å². The van der Waals surface area contributed by atoms with Crippen LogP contribution in [0.5, 0.6) is 0 Å². The third-order valence-electron chi connectivity index (χ3n) is 7.34. The third kappa shape index (κ3) is 4.05. The number of rotatable bonds is 6. The first-order valence-electron chi connectivity index (χ1n) is 11.7. The van der Waals surface area contributed by atoms with Crippen LogP contribution in [0, 0.1) is 17.8 Å². The van der Waals surface area contributed by atoms with Gasteiger partial charge in [-0.05, 0) is 49.1 Å². The van der Waals surface area contributed by atoms with Gasteiger partial charge in [0.2, 0.25) is 0 Å². The maximum atomic E-state index is 13.6. The number of hydrogen-bond acceptors (Lipinski definition) is 3. The maximum absolute atomic E-state index is 13.6. The predicted octanol–water partition coefficient (Wildman–Crippen LogP) is 6.00. The molecule has 0 amide bonds. The fourth-order valence-electron chi connectivity index (χ4n) is 5.78. The molecule has 1 atom stereocenters. The van der Waals surface area contributed by atoms with Crippen molar-refractivity contribution in [1.82, 2.24) is 14.5 Å². The Morgan fingerprint density at radius 3 is 2.20 bits per heavy atom. The van der Waals surface area contributed by atoms with Gasteiger partial charge in [-0.2, -0.15) is 0 Å². The van der Waals surface area contributed by atoms with Gasteiger partial charge in [0.1, 0.15) is 12.0 Å². The summed E-state index contributed by atoms with van der Waals surface area (Å²) in [4.78, 5) is 22.1. The number of pyridine rings is 1. The van der Waals surface area contributed by atoms with Gasteiger partial charge in [0.25, 0.3) is 0 Å². The van der Waals surface area contributed by atoms with E-state index < -0.39 is 0 Å². The zero-order valence-corrected chi connectivity index (χ0v) is 17.7. The van der Waals surface area contributed by atoms with Crippen molar-refractivity contribution in [2.75, 3.05) is 0 Å². The smallest absolute Gasteiger partial charge is 0.166 e. The van der Waals surface area contributed by atoms with Crippen molar-refractivity contribution in [1.29, 1.82) is 0 Å². The number of fused-ring (bicyclic) bond motifs is 1. The van der Waals surface area contributed by atoms with Crippen molar-refractivity contribution < 1.29 is 4.79 Å². The molecule has 0 bridgehead atoms. The van der Waals surface area contributed by atoms with E-state index in [1.165, 1.54) is 63.4 Å². The molecule has 30 heavy (non-hydrogen) atoms. The molecule has 0 aromatic heterocycles. The van der Waals surface area contributed by atoms with Gasteiger partial charge in [0.05, 0.1) is 5.69 Å². The van der Waals surface area contributed by atoms with Gasteiger partial charge < -0.3 is 4.57 Å². The average Bonchev–Trinajstić information content (AvgIpc) is 3.47. The molecule has 1 aromatic rings. The quantitative estimate of drug-likeness (QED) is 0.476. The van der Waals surface area contributed by atoms with E-state index in [1.54, 1.807) is 6.33 Å². The zero-order chi connectivity index (χ0) is 20.3. The van der Waals surface area contributed by atoms with E-state index in [0.717, 1.165) is 23.5 Å². The van der Waals surface area contributed by atoms with E-state index in [2.05, 4.69) is 38.8 Å². The molecule has 2 saturated carbocycles. The fraction of sp³-hybridized carbons (Fsp3) is 0.500. The lowest BCUT2D eigenvalue weighted by Gasteiger charge is -2.33. The highest BCUT2D eigenvalue weighted by molar-refractivity contribution is 5.98. The SMILES string of the molecule is O=C(c1ccc(Cn2ccc3ncnc-3c2)cc1)C(C1CCCCC1)C1CCCC1. The van der Waals surface area contributed by atoms with E-state index in [-0.39, 0.29) is 5.92 Å². The summed E-state index contributed by atoms with van der Waals surface area (Å²) in [5.41, 5.74) is 3.94. The molecule has 5 rings (SSSR count). The van der Waals surface area contributed by atoms with E-state index in [1.807, 2.05) is 18.5 Å². The van der Waals surface area contributed by atoms with Crippen LogP contribution in [0.3, 0.4) is 0 Å². The molecular weight excluding hydrogens is 370 g/mol. The minimum Gasteiger partial charge on any atom is -0.348 e. The van der Waals surface area contributed by atoms with Gasteiger partial charge in [-0.25, -0.2) is 9.97 Å². The molecule has 4 heteroatoms. The molecule has 0 radical (unpaired) electrons. The Hall–Kier alpha value is -2.49. The molecule has 2 heterocycles. The Labute approximate surface area is 179 Å². The van der Waals surface area contributed by atoms with Crippen LogP contribution in [-0.4, -0.2) is 20.3 Å². The second-order valence-electron chi connectivity index (χ2n) is 9.29. The molecule has 1 aromatic carbocycles. The Balaban J connectivity index is 1.32. The Bertz CT molecular complexity index is 949. The number of ketones is 1. The number of imidazole rings is 1. The summed E-state index contributed by atoms with van der Waals surface area (Å²) < 4.78 is 2.12. The molecule has 0 N–H and O–H groups in total. The van der Waals surface area contributed by atoms with Crippen LogP contribution in [0.2, 0.25) is 0 Å². The number of benzene rings is 1. The van der Waals surface area contributed by atoms with E-state index in [9.17, 15) is 4.79 Å². The number of hydrogen-bond donors (Lipinski definition) is 0. The molecule has 0 saturated heterocycles. The summed E-state index contributed by atoms with van der Waals surface area (Å²) in [5.74, 6) is 1.85. The van der Waals surface area contributed by atoms with E-state index in [0.29, 0.717) is 17.6 Å². The number of carbonyl (C=O) groups excluding carboxylic acids is 1. The van der Waals surface area contributed by atoms with E-state index >= 15 is 0 Å². The fourth-order valence-corrected chi connectivity index (χ4v) is 5.78. The highest BCUT2D eigenvalue weighted by Gasteiger charge is 2.37. The Kier molecular flexibility index (Phi) is 5.65. The van der Waals surface area contributed by atoms with Crippen LogP contribution >= 0.6 is 0 Å². The van der Waals surface area contributed by atoms with Crippen molar-refractivity contribution in [2.24, 2.45) is 17.8 Å². The van der Waals surface area contributed by atoms with Crippen LogP contribution in [0.25, 0.3) is 11.4 Å². The molecular formula is C26H31N3O. The van der Waals surface area contributed by atoms with Gasteiger partial charge in [0, 0.05) is 30.4 Å². The summed E-state index contributed by atoms with van der Waals surface area (Å²) in [6.45, 7) is 0.770. The average molecular weight is 402 g/mol. The summed E-state index contributed by atoms with van der Waals surface area (Å²) in [5, 5.41) is 0. The Morgan fingerprint density at radius 1 is 0.867 bits per heavy atom. The van der Waals surface area contributed by atoms with Crippen LogP contribution in [0.15, 0.2) is 49.1 Å². The molecule has 2 fully saturated rings. The first-order valence-corrected chi connectivity index (χ1v) is 11.7. The second kappa shape index (κ2) is 8.71. The molecule has 2 aliphatic carbocycles. The minimum absolute atomic E-state index is 0.242. The highest BCUT2D eigenvalue weighted by atomic mass is 16.1. The maximum Gasteiger partial charge on any atom is 0.166 e. The number of aromatic nitrogens is 3. The van der Waals surface area contributed by atoms with Crippen molar-refractivity contribution >= 4 is 5.78 Å². The number of carbonyl (C=O) groups is 1. The van der Waals surface area contributed by atoms with Gasteiger partial charge in [0.15, 0.2) is 5.78 Å². The van der Waals surface area contributed by atoms with Gasteiger partial charge in [-0.3, -0.25) is 4.79 Å². The normalized spacial score (nSPS) is 19.3. The molecule has 156 valence electrons. The summed E-state index contributed by atoms with van der Waals surface area (Å²) in [6.07, 6.45) is 17.2. The highest BCUT2D eigenvalue weighted by Crippen LogP contribution is 2.42. The molecule has 4 aliphatic rings. The van der Waals surface area contributed by atoms with Gasteiger partial charge in [-0.1, -0.05) is 56.4 Å². The summed E-state index contributed by atoms with van der Waals surface area (Å²) >= 11 is 0. The van der Waals surface area contributed by atoms with Crippen molar-refractivity contribution in [2.45, 2.75) is 64.3 Å².